The van der Waals surface area contributed by atoms with Gasteiger partial charge in [0.05, 0.1) is 0 Å². The number of fused-ring (bicyclic) bond motifs is 3. The summed E-state index contributed by atoms with van der Waals surface area (Å²) in [5.74, 6) is 0. The van der Waals surface area contributed by atoms with E-state index in [0.29, 0.717) is 0 Å². The zero-order valence-corrected chi connectivity index (χ0v) is 18.4. The average Bonchev–Trinajstić information content (AvgIpc) is 2.99. The van der Waals surface area contributed by atoms with Gasteiger partial charge in [0.1, 0.15) is 0 Å². The van der Waals surface area contributed by atoms with Crippen LogP contribution >= 0.6 is 0 Å². The maximum atomic E-state index is 2.38. The summed E-state index contributed by atoms with van der Waals surface area (Å²) >= 11 is 0. The summed E-state index contributed by atoms with van der Waals surface area (Å²) in [6, 6.07) is 31.5. The van der Waals surface area contributed by atoms with Gasteiger partial charge in [-0.25, -0.2) is 0 Å². The molecule has 0 heteroatoms. The second kappa shape index (κ2) is 7.80. The summed E-state index contributed by atoms with van der Waals surface area (Å²) in [7, 11) is 0. The molecule has 0 unspecified atom stereocenters. The smallest absolute Gasteiger partial charge is 0.00233 e. The molecule has 0 bridgehead atoms. The molecular formula is C32H26. The summed E-state index contributed by atoms with van der Waals surface area (Å²) in [4.78, 5) is 0. The summed E-state index contributed by atoms with van der Waals surface area (Å²) in [5, 5.41) is 0. The second-order valence-electron chi connectivity index (χ2n) is 8.78. The van der Waals surface area contributed by atoms with Crippen molar-refractivity contribution in [2.75, 3.05) is 0 Å². The highest BCUT2D eigenvalue weighted by molar-refractivity contribution is 6.06. The fraction of sp³-hybridized carbons (Fsp3) is 0.125. The Morgan fingerprint density at radius 3 is 2.28 bits per heavy atom. The van der Waals surface area contributed by atoms with Crippen LogP contribution in [0.4, 0.5) is 0 Å². The molecule has 2 aliphatic carbocycles. The van der Waals surface area contributed by atoms with E-state index in [-0.39, 0.29) is 0 Å². The van der Waals surface area contributed by atoms with Crippen LogP contribution in [0.1, 0.15) is 42.0 Å². The van der Waals surface area contributed by atoms with E-state index in [1.165, 1.54) is 67.6 Å². The average molecular weight is 411 g/mol. The van der Waals surface area contributed by atoms with Crippen LogP contribution in [0.2, 0.25) is 0 Å². The molecular weight excluding hydrogens is 384 g/mol. The van der Waals surface area contributed by atoms with Crippen molar-refractivity contribution in [1.82, 2.24) is 0 Å². The molecule has 32 heavy (non-hydrogen) atoms. The quantitative estimate of drug-likeness (QED) is 0.278. The summed E-state index contributed by atoms with van der Waals surface area (Å²) in [6.45, 7) is 2.23. The first-order valence-corrected chi connectivity index (χ1v) is 11.7. The number of aryl methyl sites for hydroxylation is 1. The molecule has 0 fully saturated rings. The molecule has 0 spiro atoms. The first kappa shape index (κ1) is 19.1. The molecule has 6 rings (SSSR count). The molecule has 154 valence electrons. The normalized spacial score (nSPS) is 13.3. The Labute approximate surface area is 190 Å². The van der Waals surface area contributed by atoms with Gasteiger partial charge in [-0.1, -0.05) is 110 Å². The van der Waals surface area contributed by atoms with Crippen molar-refractivity contribution in [3.63, 3.8) is 0 Å². The molecule has 0 N–H and O–H groups in total. The van der Waals surface area contributed by atoms with Gasteiger partial charge in [0.15, 0.2) is 0 Å². The van der Waals surface area contributed by atoms with E-state index >= 15 is 0 Å². The van der Waals surface area contributed by atoms with Crippen molar-refractivity contribution in [3.05, 3.63) is 119 Å². The van der Waals surface area contributed by atoms with Crippen LogP contribution < -0.4 is 0 Å². The minimum atomic E-state index is 0.974. The van der Waals surface area contributed by atoms with E-state index in [4.69, 9.17) is 0 Å². The van der Waals surface area contributed by atoms with Crippen LogP contribution in [0.25, 0.3) is 45.0 Å². The van der Waals surface area contributed by atoms with E-state index in [0.717, 1.165) is 12.8 Å². The van der Waals surface area contributed by atoms with Crippen LogP contribution in [0.3, 0.4) is 0 Å². The van der Waals surface area contributed by atoms with Crippen LogP contribution in [-0.4, -0.2) is 0 Å². The monoisotopic (exact) mass is 410 g/mol. The van der Waals surface area contributed by atoms with Gasteiger partial charge in [-0.3, -0.25) is 0 Å². The van der Waals surface area contributed by atoms with Crippen molar-refractivity contribution in [2.45, 2.75) is 26.2 Å². The minimum Gasteiger partial charge on any atom is -0.0801 e. The Morgan fingerprint density at radius 1 is 0.656 bits per heavy atom. The fourth-order valence-corrected chi connectivity index (χ4v) is 5.25. The standard InChI is InChI=1S/C32H26/c1-2-8-22-15-17-23(18-16-22)24-9-7-10-25(21-24)26-19-20-31-28-12-4-3-11-27(28)30-14-6-5-13-29(26)32(30)31/h3-5,7,9-21H,2,6,8H2,1H3. The Morgan fingerprint density at radius 2 is 1.44 bits per heavy atom. The molecule has 0 radical (unpaired) electrons. The number of rotatable bonds is 4. The van der Waals surface area contributed by atoms with Gasteiger partial charge in [-0.15, -0.1) is 0 Å². The first-order chi connectivity index (χ1) is 15.8. The van der Waals surface area contributed by atoms with E-state index in [1.807, 2.05) is 0 Å². The van der Waals surface area contributed by atoms with Crippen molar-refractivity contribution in [1.29, 1.82) is 0 Å². The molecule has 0 heterocycles. The minimum absolute atomic E-state index is 0.974. The third-order valence-electron chi connectivity index (χ3n) is 6.76. The molecule has 2 aliphatic rings. The maximum absolute atomic E-state index is 2.38. The molecule has 0 saturated heterocycles. The maximum Gasteiger partial charge on any atom is -0.00233 e. The first-order valence-electron chi connectivity index (χ1n) is 11.7. The second-order valence-corrected chi connectivity index (χ2v) is 8.78. The molecule has 0 nitrogen and oxygen atoms in total. The topological polar surface area (TPSA) is 0 Å². The lowest BCUT2D eigenvalue weighted by molar-refractivity contribution is 0.922. The van der Waals surface area contributed by atoms with Gasteiger partial charge >= 0.3 is 0 Å². The SMILES string of the molecule is CCCc1ccc(-c2cccc(-c3ccc4c5c3C=CCC=C5c3ccccc3-4)c2)cc1. The zero-order chi connectivity index (χ0) is 21.5. The van der Waals surface area contributed by atoms with Crippen LogP contribution in [-0.2, 0) is 6.42 Å². The van der Waals surface area contributed by atoms with E-state index in [9.17, 15) is 0 Å². The van der Waals surface area contributed by atoms with Crippen molar-refractivity contribution in [3.8, 4) is 33.4 Å². The van der Waals surface area contributed by atoms with Gasteiger partial charge in [0, 0.05) is 0 Å². The highest BCUT2D eigenvalue weighted by Gasteiger charge is 2.27. The Hall–Kier alpha value is -3.64. The van der Waals surface area contributed by atoms with Crippen molar-refractivity contribution < 1.29 is 0 Å². The fourth-order valence-electron chi connectivity index (χ4n) is 5.25. The largest absolute Gasteiger partial charge is 0.0801 e. The highest BCUT2D eigenvalue weighted by Crippen LogP contribution is 2.49. The van der Waals surface area contributed by atoms with Crippen molar-refractivity contribution in [2.24, 2.45) is 0 Å². The van der Waals surface area contributed by atoms with E-state index in [1.54, 1.807) is 0 Å². The molecule has 0 amide bonds. The third-order valence-corrected chi connectivity index (χ3v) is 6.76. The lowest BCUT2D eigenvalue weighted by Gasteiger charge is -2.14. The predicted octanol–water partition coefficient (Wildman–Crippen LogP) is 8.80. The van der Waals surface area contributed by atoms with Gasteiger partial charge < -0.3 is 0 Å². The highest BCUT2D eigenvalue weighted by atomic mass is 14.3. The lowest BCUT2D eigenvalue weighted by atomic mass is 9.89. The predicted molar refractivity (Wildman–Crippen MR) is 137 cm³/mol. The van der Waals surface area contributed by atoms with E-state index in [2.05, 4.69) is 110 Å². The Balaban J connectivity index is 1.47. The molecule has 0 atom stereocenters. The Kier molecular flexibility index (Phi) is 4.65. The molecule has 4 aromatic rings. The number of benzene rings is 4. The number of allylic oxidation sites excluding steroid dienone is 2. The molecule has 0 aromatic heterocycles. The third kappa shape index (κ3) is 3.07. The molecule has 4 aromatic carbocycles. The van der Waals surface area contributed by atoms with Crippen LogP contribution in [0.5, 0.6) is 0 Å². The lowest BCUT2D eigenvalue weighted by Crippen LogP contribution is -1.91. The van der Waals surface area contributed by atoms with Gasteiger partial charge in [-0.2, -0.15) is 0 Å². The van der Waals surface area contributed by atoms with Crippen molar-refractivity contribution >= 4 is 11.6 Å². The summed E-state index contributed by atoms with van der Waals surface area (Å²) in [5.41, 5.74) is 14.8. The molecule has 0 aliphatic heterocycles. The summed E-state index contributed by atoms with van der Waals surface area (Å²) < 4.78 is 0. The van der Waals surface area contributed by atoms with E-state index < -0.39 is 0 Å². The van der Waals surface area contributed by atoms with Gasteiger partial charge in [0.2, 0.25) is 0 Å². The van der Waals surface area contributed by atoms with Crippen LogP contribution in [0, 0.1) is 0 Å². The van der Waals surface area contributed by atoms with Gasteiger partial charge in [-0.05, 0) is 80.1 Å². The van der Waals surface area contributed by atoms with Gasteiger partial charge in [0.25, 0.3) is 0 Å². The zero-order valence-electron chi connectivity index (χ0n) is 18.4. The Bertz CT molecular complexity index is 1380. The van der Waals surface area contributed by atoms with Crippen LogP contribution in [0.15, 0.2) is 97.1 Å². The number of hydrogen-bond donors (Lipinski definition) is 0. The molecule has 0 saturated carbocycles. The summed E-state index contributed by atoms with van der Waals surface area (Å²) in [6.07, 6.45) is 10.3. The number of hydrogen-bond acceptors (Lipinski definition) is 0.